The number of hydrogen-bond acceptors (Lipinski definition) is 10. The fourth-order valence-corrected chi connectivity index (χ4v) is 2.67. The zero-order valence-electron chi connectivity index (χ0n) is 12.8. The molecule has 2 aliphatic heterocycles. The van der Waals surface area contributed by atoms with E-state index in [1.54, 1.807) is 0 Å². The van der Waals surface area contributed by atoms with Gasteiger partial charge in [0.15, 0.2) is 12.6 Å². The number of methoxy groups -OCH3 is 1. The largest absolute Gasteiger partial charge is 0.394 e. The zero-order chi connectivity index (χ0) is 17.3. The molecule has 0 aliphatic carbocycles. The van der Waals surface area contributed by atoms with Crippen molar-refractivity contribution in [3.63, 3.8) is 0 Å². The van der Waals surface area contributed by atoms with E-state index >= 15 is 0 Å². The van der Waals surface area contributed by atoms with Gasteiger partial charge in [0.2, 0.25) is 0 Å². The summed E-state index contributed by atoms with van der Waals surface area (Å²) in [6, 6.07) is 0. The standard InChI is InChI=1S/C13H24O10/c1-4-6(15)8(17)10(19)12(21-4)23-11-9(18)7(16)5(3-14)22-13(11)20-2/h4-19H,3H2,1-2H3/t4-,5+,6-,7-,8+,9-,10+,11+,12+,13+/m0/s1. The van der Waals surface area contributed by atoms with Crippen LogP contribution in [0.25, 0.3) is 0 Å². The second-order valence-electron chi connectivity index (χ2n) is 5.72. The second kappa shape index (κ2) is 7.66. The SMILES string of the molecule is CO[C@@H]1O[C@H](CO)[C@H](O)[C@H](O)[C@H]1O[C@H]1O[C@@H](C)[C@H](O)[C@@H](O)[C@H]1O. The monoisotopic (exact) mass is 340 g/mol. The molecule has 0 aromatic heterocycles. The third-order valence-electron chi connectivity index (χ3n) is 4.16. The summed E-state index contributed by atoms with van der Waals surface area (Å²) in [5, 5.41) is 58.5. The number of ether oxygens (including phenoxy) is 4. The minimum atomic E-state index is -1.57. The highest BCUT2D eigenvalue weighted by molar-refractivity contribution is 4.92. The molecule has 10 atom stereocenters. The molecule has 0 radical (unpaired) electrons. The first-order chi connectivity index (χ1) is 10.8. The lowest BCUT2D eigenvalue weighted by Gasteiger charge is -2.45. The summed E-state index contributed by atoms with van der Waals surface area (Å²) in [5.74, 6) is 0. The first kappa shape index (κ1) is 18.9. The molecule has 0 spiro atoms. The van der Waals surface area contributed by atoms with E-state index in [0.29, 0.717) is 0 Å². The summed E-state index contributed by atoms with van der Waals surface area (Å²) in [6.45, 7) is 0.948. The Kier molecular flexibility index (Phi) is 6.30. The maximum absolute atomic E-state index is 10.1. The molecule has 2 aliphatic rings. The maximum Gasteiger partial charge on any atom is 0.187 e. The van der Waals surface area contributed by atoms with Gasteiger partial charge in [-0.05, 0) is 6.92 Å². The Morgan fingerprint density at radius 2 is 1.48 bits per heavy atom. The molecule has 10 heteroatoms. The van der Waals surface area contributed by atoms with Gasteiger partial charge in [0.1, 0.15) is 42.7 Å². The van der Waals surface area contributed by atoms with Gasteiger partial charge in [-0.3, -0.25) is 0 Å². The minimum Gasteiger partial charge on any atom is -0.394 e. The summed E-state index contributed by atoms with van der Waals surface area (Å²) >= 11 is 0. The van der Waals surface area contributed by atoms with Crippen LogP contribution >= 0.6 is 0 Å². The Bertz CT molecular complexity index is 380. The van der Waals surface area contributed by atoms with Gasteiger partial charge in [-0.15, -0.1) is 0 Å². The molecular formula is C13H24O10. The summed E-state index contributed by atoms with van der Waals surface area (Å²) < 4.78 is 21.0. The van der Waals surface area contributed by atoms with Crippen molar-refractivity contribution in [3.8, 4) is 0 Å². The third kappa shape index (κ3) is 3.66. The van der Waals surface area contributed by atoms with E-state index in [4.69, 9.17) is 24.1 Å². The fourth-order valence-electron chi connectivity index (χ4n) is 2.67. The van der Waals surface area contributed by atoms with Crippen molar-refractivity contribution >= 4 is 0 Å². The maximum atomic E-state index is 10.1. The van der Waals surface area contributed by atoms with Gasteiger partial charge in [-0.25, -0.2) is 0 Å². The van der Waals surface area contributed by atoms with Gasteiger partial charge in [-0.1, -0.05) is 0 Å². The lowest BCUT2D eigenvalue weighted by Crippen LogP contribution is -2.64. The quantitative estimate of drug-likeness (QED) is 0.300. The van der Waals surface area contributed by atoms with E-state index in [0.717, 1.165) is 0 Å². The van der Waals surface area contributed by atoms with Gasteiger partial charge in [0.25, 0.3) is 0 Å². The topological polar surface area (TPSA) is 158 Å². The van der Waals surface area contributed by atoms with Crippen LogP contribution < -0.4 is 0 Å². The Morgan fingerprint density at radius 3 is 2.04 bits per heavy atom. The minimum absolute atomic E-state index is 0.532. The average Bonchev–Trinajstić information content (AvgIpc) is 2.54. The molecule has 2 rings (SSSR count). The predicted octanol–water partition coefficient (Wildman–Crippen LogP) is -3.72. The normalized spacial score (nSPS) is 51.7. The van der Waals surface area contributed by atoms with Gasteiger partial charge in [0.05, 0.1) is 12.7 Å². The van der Waals surface area contributed by atoms with Crippen LogP contribution in [-0.2, 0) is 18.9 Å². The van der Waals surface area contributed by atoms with Crippen molar-refractivity contribution in [1.82, 2.24) is 0 Å². The predicted molar refractivity (Wildman–Crippen MR) is 72.0 cm³/mol. The fraction of sp³-hybridized carbons (Fsp3) is 1.00. The zero-order valence-corrected chi connectivity index (χ0v) is 12.8. The van der Waals surface area contributed by atoms with E-state index < -0.39 is 68.0 Å². The van der Waals surface area contributed by atoms with Gasteiger partial charge in [-0.2, -0.15) is 0 Å². The Hall–Kier alpha value is -0.400. The summed E-state index contributed by atoms with van der Waals surface area (Å²) in [5.41, 5.74) is 0. The van der Waals surface area contributed by atoms with Crippen LogP contribution in [-0.4, -0.2) is 106 Å². The highest BCUT2D eigenvalue weighted by Crippen LogP contribution is 2.29. The molecule has 2 saturated heterocycles. The van der Waals surface area contributed by atoms with Crippen molar-refractivity contribution in [2.45, 2.75) is 68.3 Å². The summed E-state index contributed by atoms with van der Waals surface area (Å²) in [4.78, 5) is 0. The van der Waals surface area contributed by atoms with Gasteiger partial charge >= 0.3 is 0 Å². The van der Waals surface area contributed by atoms with Crippen molar-refractivity contribution in [3.05, 3.63) is 0 Å². The molecule has 23 heavy (non-hydrogen) atoms. The second-order valence-corrected chi connectivity index (χ2v) is 5.72. The molecule has 6 N–H and O–H groups in total. The van der Waals surface area contributed by atoms with Crippen LogP contribution in [0.3, 0.4) is 0 Å². The molecular weight excluding hydrogens is 316 g/mol. The molecule has 10 nitrogen and oxygen atoms in total. The Labute approximate surface area is 132 Å². The lowest BCUT2D eigenvalue weighted by molar-refractivity contribution is -0.361. The van der Waals surface area contributed by atoms with Crippen molar-refractivity contribution in [2.75, 3.05) is 13.7 Å². The van der Waals surface area contributed by atoms with Crippen LogP contribution in [0.2, 0.25) is 0 Å². The molecule has 0 bridgehead atoms. The van der Waals surface area contributed by atoms with Crippen LogP contribution in [0.4, 0.5) is 0 Å². The lowest BCUT2D eigenvalue weighted by atomic mass is 9.97. The molecule has 0 unspecified atom stereocenters. The smallest absolute Gasteiger partial charge is 0.187 e. The van der Waals surface area contributed by atoms with Crippen molar-refractivity contribution < 1.29 is 49.6 Å². The molecule has 2 fully saturated rings. The van der Waals surface area contributed by atoms with Crippen LogP contribution in [0.1, 0.15) is 6.92 Å². The first-order valence-electron chi connectivity index (χ1n) is 7.32. The van der Waals surface area contributed by atoms with Gasteiger partial charge < -0.3 is 49.6 Å². The average molecular weight is 340 g/mol. The van der Waals surface area contributed by atoms with Crippen molar-refractivity contribution in [2.24, 2.45) is 0 Å². The molecule has 0 aromatic rings. The molecule has 136 valence electrons. The number of aliphatic hydroxyl groups excluding tert-OH is 6. The van der Waals surface area contributed by atoms with E-state index in [1.807, 2.05) is 0 Å². The number of hydrogen-bond donors (Lipinski definition) is 6. The molecule has 2 heterocycles. The summed E-state index contributed by atoms with van der Waals surface area (Å²) in [6.07, 6.45) is -12.9. The van der Waals surface area contributed by atoms with E-state index in [9.17, 15) is 25.5 Å². The number of rotatable bonds is 4. The van der Waals surface area contributed by atoms with E-state index in [-0.39, 0.29) is 0 Å². The van der Waals surface area contributed by atoms with E-state index in [1.165, 1.54) is 14.0 Å². The Balaban J connectivity index is 2.10. The summed E-state index contributed by atoms with van der Waals surface area (Å²) in [7, 11) is 1.28. The Morgan fingerprint density at radius 1 is 0.826 bits per heavy atom. The number of aliphatic hydroxyl groups is 6. The molecule has 0 saturated carbocycles. The van der Waals surface area contributed by atoms with Crippen LogP contribution in [0.15, 0.2) is 0 Å². The third-order valence-corrected chi connectivity index (χ3v) is 4.16. The van der Waals surface area contributed by atoms with Crippen molar-refractivity contribution in [1.29, 1.82) is 0 Å². The van der Waals surface area contributed by atoms with Gasteiger partial charge in [0, 0.05) is 7.11 Å². The highest BCUT2D eigenvalue weighted by Gasteiger charge is 2.49. The first-order valence-corrected chi connectivity index (χ1v) is 7.32. The molecule has 0 amide bonds. The molecule has 0 aromatic carbocycles. The van der Waals surface area contributed by atoms with E-state index in [2.05, 4.69) is 0 Å². The van der Waals surface area contributed by atoms with Crippen LogP contribution in [0, 0.1) is 0 Å². The van der Waals surface area contributed by atoms with Crippen LogP contribution in [0.5, 0.6) is 0 Å². The highest BCUT2D eigenvalue weighted by atomic mass is 16.8.